The summed E-state index contributed by atoms with van der Waals surface area (Å²) < 4.78 is 5.42. The molecule has 0 amide bonds. The second-order valence-corrected chi connectivity index (χ2v) is 5.61. The van der Waals surface area contributed by atoms with Gasteiger partial charge in [-0.1, -0.05) is 30.3 Å². The average molecular weight is 298 g/mol. The van der Waals surface area contributed by atoms with Crippen LogP contribution in [-0.4, -0.2) is 29.7 Å². The molecule has 0 spiro atoms. The van der Waals surface area contributed by atoms with Gasteiger partial charge >= 0.3 is 0 Å². The van der Waals surface area contributed by atoms with Crippen LogP contribution in [0.4, 0.5) is 11.8 Å². The van der Waals surface area contributed by atoms with Crippen LogP contribution >= 0.6 is 0 Å². The largest absolute Gasteiger partial charge is 0.381 e. The predicted octanol–water partition coefficient (Wildman–Crippen LogP) is 2.61. The van der Waals surface area contributed by atoms with Gasteiger partial charge in [-0.05, 0) is 24.8 Å². The number of ether oxygens (including phenoxy) is 1. The van der Waals surface area contributed by atoms with E-state index < -0.39 is 0 Å². The number of hydrogen-bond donors (Lipinski definition) is 2. The maximum absolute atomic E-state index is 5.82. The van der Waals surface area contributed by atoms with Crippen molar-refractivity contribution in [2.75, 3.05) is 30.8 Å². The Balaban J connectivity index is 1.53. The van der Waals surface area contributed by atoms with Crippen LogP contribution in [0.5, 0.6) is 0 Å². The van der Waals surface area contributed by atoms with Crippen LogP contribution < -0.4 is 11.1 Å². The number of nitrogens with one attached hydrogen (secondary N) is 1. The molecule has 1 saturated heterocycles. The SMILES string of the molecule is Nc1nc(NCCCc2ccccc2)cc([C@H]2CCOC2)n1. The van der Waals surface area contributed by atoms with Gasteiger partial charge < -0.3 is 15.8 Å². The molecule has 22 heavy (non-hydrogen) atoms. The number of benzene rings is 1. The Morgan fingerprint density at radius 2 is 2.09 bits per heavy atom. The third-order valence-electron chi connectivity index (χ3n) is 3.90. The molecular formula is C17H22N4O. The topological polar surface area (TPSA) is 73.1 Å². The van der Waals surface area contributed by atoms with Crippen LogP contribution in [0.15, 0.2) is 36.4 Å². The molecular weight excluding hydrogens is 276 g/mol. The summed E-state index contributed by atoms with van der Waals surface area (Å²) in [5.74, 6) is 1.48. The fraction of sp³-hybridized carbons (Fsp3) is 0.412. The van der Waals surface area contributed by atoms with Crippen LogP contribution in [0.3, 0.4) is 0 Å². The van der Waals surface area contributed by atoms with Crippen molar-refractivity contribution in [2.45, 2.75) is 25.2 Å². The van der Waals surface area contributed by atoms with Gasteiger partial charge in [0, 0.05) is 25.1 Å². The van der Waals surface area contributed by atoms with E-state index in [0.717, 1.165) is 50.5 Å². The van der Waals surface area contributed by atoms with Crippen molar-refractivity contribution in [3.63, 3.8) is 0 Å². The second-order valence-electron chi connectivity index (χ2n) is 5.61. The molecule has 1 atom stereocenters. The molecule has 2 heterocycles. The molecule has 3 rings (SSSR count). The first-order valence-electron chi connectivity index (χ1n) is 7.81. The highest BCUT2D eigenvalue weighted by atomic mass is 16.5. The minimum absolute atomic E-state index is 0.329. The molecule has 1 aliphatic heterocycles. The van der Waals surface area contributed by atoms with E-state index in [4.69, 9.17) is 10.5 Å². The van der Waals surface area contributed by atoms with Gasteiger partial charge in [0.15, 0.2) is 0 Å². The highest BCUT2D eigenvalue weighted by Crippen LogP contribution is 2.25. The molecule has 5 heteroatoms. The van der Waals surface area contributed by atoms with Crippen molar-refractivity contribution in [2.24, 2.45) is 0 Å². The minimum Gasteiger partial charge on any atom is -0.381 e. The highest BCUT2D eigenvalue weighted by Gasteiger charge is 2.20. The zero-order valence-corrected chi connectivity index (χ0v) is 12.7. The third kappa shape index (κ3) is 3.95. The van der Waals surface area contributed by atoms with Gasteiger partial charge in [0.05, 0.1) is 12.3 Å². The van der Waals surface area contributed by atoms with Gasteiger partial charge in [-0.15, -0.1) is 0 Å². The average Bonchev–Trinajstić information content (AvgIpc) is 3.07. The van der Waals surface area contributed by atoms with Crippen LogP contribution in [-0.2, 0) is 11.2 Å². The van der Waals surface area contributed by atoms with Gasteiger partial charge in [-0.25, -0.2) is 4.98 Å². The Kier molecular flexibility index (Phi) is 4.85. The van der Waals surface area contributed by atoms with E-state index in [9.17, 15) is 0 Å². The standard InChI is InChI=1S/C17H22N4O/c18-17-20-15(14-8-10-22-12-14)11-16(21-17)19-9-4-7-13-5-2-1-3-6-13/h1-3,5-6,11,14H,4,7-10,12H2,(H3,18,19,20,21)/t14-/m0/s1. The summed E-state index contributed by atoms with van der Waals surface area (Å²) in [5.41, 5.74) is 8.16. The Bertz CT molecular complexity index is 597. The summed E-state index contributed by atoms with van der Waals surface area (Å²) in [4.78, 5) is 8.60. The Morgan fingerprint density at radius 3 is 2.86 bits per heavy atom. The number of nitrogens with two attached hydrogens (primary N) is 1. The lowest BCUT2D eigenvalue weighted by molar-refractivity contribution is 0.193. The van der Waals surface area contributed by atoms with Crippen molar-refractivity contribution in [3.8, 4) is 0 Å². The number of rotatable bonds is 6. The van der Waals surface area contributed by atoms with Crippen molar-refractivity contribution < 1.29 is 4.74 Å². The number of anilines is 2. The Morgan fingerprint density at radius 1 is 1.23 bits per heavy atom. The maximum Gasteiger partial charge on any atom is 0.222 e. The number of aryl methyl sites for hydroxylation is 1. The molecule has 0 bridgehead atoms. The summed E-state index contributed by atoms with van der Waals surface area (Å²) in [5, 5.41) is 3.35. The first-order valence-corrected chi connectivity index (χ1v) is 7.81. The Hall–Kier alpha value is -2.14. The van der Waals surface area contributed by atoms with E-state index in [0.29, 0.717) is 11.9 Å². The van der Waals surface area contributed by atoms with Crippen LogP contribution in [0.25, 0.3) is 0 Å². The van der Waals surface area contributed by atoms with Crippen LogP contribution in [0.2, 0.25) is 0 Å². The monoisotopic (exact) mass is 298 g/mol. The molecule has 1 fully saturated rings. The first kappa shape index (κ1) is 14.8. The molecule has 116 valence electrons. The zero-order valence-electron chi connectivity index (χ0n) is 12.7. The fourth-order valence-electron chi connectivity index (χ4n) is 2.71. The molecule has 5 nitrogen and oxygen atoms in total. The summed E-state index contributed by atoms with van der Waals surface area (Å²) >= 11 is 0. The second kappa shape index (κ2) is 7.22. The predicted molar refractivity (Wildman–Crippen MR) is 87.9 cm³/mol. The summed E-state index contributed by atoms with van der Waals surface area (Å²) in [6, 6.07) is 12.5. The van der Waals surface area contributed by atoms with Gasteiger partial charge in [0.2, 0.25) is 5.95 Å². The van der Waals surface area contributed by atoms with Crippen molar-refractivity contribution in [1.29, 1.82) is 0 Å². The molecule has 1 aromatic heterocycles. The van der Waals surface area contributed by atoms with Gasteiger partial charge in [-0.2, -0.15) is 4.98 Å². The lowest BCUT2D eigenvalue weighted by Gasteiger charge is -2.11. The molecule has 0 saturated carbocycles. The van der Waals surface area contributed by atoms with Crippen molar-refractivity contribution in [1.82, 2.24) is 9.97 Å². The molecule has 0 unspecified atom stereocenters. The highest BCUT2D eigenvalue weighted by molar-refractivity contribution is 5.41. The van der Waals surface area contributed by atoms with E-state index in [1.165, 1.54) is 5.56 Å². The van der Waals surface area contributed by atoms with E-state index >= 15 is 0 Å². The number of hydrogen-bond acceptors (Lipinski definition) is 5. The van der Waals surface area contributed by atoms with E-state index in [1.54, 1.807) is 0 Å². The Labute approximate surface area is 130 Å². The lowest BCUT2D eigenvalue weighted by atomic mass is 10.0. The van der Waals surface area contributed by atoms with Gasteiger partial charge in [-0.3, -0.25) is 0 Å². The fourth-order valence-corrected chi connectivity index (χ4v) is 2.71. The molecule has 3 N–H and O–H groups in total. The van der Waals surface area contributed by atoms with E-state index in [-0.39, 0.29) is 0 Å². The third-order valence-corrected chi connectivity index (χ3v) is 3.90. The lowest BCUT2D eigenvalue weighted by Crippen LogP contribution is -2.10. The van der Waals surface area contributed by atoms with E-state index in [2.05, 4.69) is 39.6 Å². The summed E-state index contributed by atoms with van der Waals surface area (Å²) in [6.45, 7) is 2.39. The molecule has 2 aromatic rings. The van der Waals surface area contributed by atoms with E-state index in [1.807, 2.05) is 12.1 Å². The normalized spacial score (nSPS) is 17.5. The molecule has 1 aliphatic rings. The zero-order chi connectivity index (χ0) is 15.2. The number of aromatic nitrogens is 2. The minimum atomic E-state index is 0.329. The summed E-state index contributed by atoms with van der Waals surface area (Å²) in [6.07, 6.45) is 3.11. The van der Waals surface area contributed by atoms with Crippen molar-refractivity contribution in [3.05, 3.63) is 47.7 Å². The number of nitrogens with zero attached hydrogens (tertiary/aromatic N) is 2. The smallest absolute Gasteiger partial charge is 0.222 e. The number of nitrogen functional groups attached to an aromatic ring is 1. The maximum atomic E-state index is 5.82. The molecule has 1 aromatic carbocycles. The quantitative estimate of drug-likeness (QED) is 0.802. The molecule has 0 aliphatic carbocycles. The summed E-state index contributed by atoms with van der Waals surface area (Å²) in [7, 11) is 0. The van der Waals surface area contributed by atoms with Crippen molar-refractivity contribution >= 4 is 11.8 Å². The van der Waals surface area contributed by atoms with Gasteiger partial charge in [0.1, 0.15) is 5.82 Å². The van der Waals surface area contributed by atoms with Crippen LogP contribution in [0, 0.1) is 0 Å². The molecule has 0 radical (unpaired) electrons. The first-order chi connectivity index (χ1) is 10.8. The van der Waals surface area contributed by atoms with Gasteiger partial charge in [0.25, 0.3) is 0 Å². The van der Waals surface area contributed by atoms with Crippen LogP contribution in [0.1, 0.15) is 30.0 Å².